The smallest absolute Gasteiger partial charge is 0.256 e. The van der Waals surface area contributed by atoms with Crippen molar-refractivity contribution >= 4 is 10.9 Å². The fraction of sp³-hybridized carbons (Fsp3) is 0.118. The van der Waals surface area contributed by atoms with Crippen LogP contribution in [0.5, 0.6) is 5.75 Å². The quantitative estimate of drug-likeness (QED) is 0.786. The lowest BCUT2D eigenvalue weighted by atomic mass is 10.1. The van der Waals surface area contributed by atoms with Gasteiger partial charge >= 0.3 is 0 Å². The molecule has 3 aromatic rings. The number of H-pyrrole nitrogens is 1. The van der Waals surface area contributed by atoms with Gasteiger partial charge in [0.05, 0.1) is 6.61 Å². The summed E-state index contributed by atoms with van der Waals surface area (Å²) < 4.78 is 5.50. The van der Waals surface area contributed by atoms with E-state index >= 15 is 0 Å². The van der Waals surface area contributed by atoms with Gasteiger partial charge in [-0.2, -0.15) is 0 Å². The van der Waals surface area contributed by atoms with Crippen molar-refractivity contribution in [3.05, 3.63) is 65.0 Å². The summed E-state index contributed by atoms with van der Waals surface area (Å²) in [5, 5.41) is 0.967. The molecule has 2 aromatic carbocycles. The molecule has 0 aliphatic heterocycles. The van der Waals surface area contributed by atoms with Crippen LogP contribution in [-0.2, 0) is 0 Å². The number of pyridine rings is 1. The van der Waals surface area contributed by atoms with Crippen LogP contribution < -0.4 is 10.3 Å². The van der Waals surface area contributed by atoms with Gasteiger partial charge in [-0.15, -0.1) is 0 Å². The summed E-state index contributed by atoms with van der Waals surface area (Å²) in [6, 6.07) is 17.2. The third-order valence-electron chi connectivity index (χ3n) is 3.21. The lowest BCUT2D eigenvalue weighted by Crippen LogP contribution is -2.08. The first-order chi connectivity index (χ1) is 9.78. The topological polar surface area (TPSA) is 42.1 Å². The first-order valence-electron chi connectivity index (χ1n) is 6.63. The van der Waals surface area contributed by atoms with Gasteiger partial charge in [0, 0.05) is 16.5 Å². The minimum atomic E-state index is -0.0761. The van der Waals surface area contributed by atoms with Crippen molar-refractivity contribution in [2.24, 2.45) is 0 Å². The van der Waals surface area contributed by atoms with Crippen molar-refractivity contribution in [2.45, 2.75) is 6.92 Å². The van der Waals surface area contributed by atoms with Crippen molar-refractivity contribution in [1.29, 1.82) is 0 Å². The monoisotopic (exact) mass is 265 g/mol. The van der Waals surface area contributed by atoms with Gasteiger partial charge in [-0.1, -0.05) is 30.3 Å². The molecule has 100 valence electrons. The fourth-order valence-corrected chi connectivity index (χ4v) is 2.27. The maximum absolute atomic E-state index is 12.2. The second-order valence-corrected chi connectivity index (χ2v) is 4.56. The summed E-state index contributed by atoms with van der Waals surface area (Å²) in [5.41, 5.74) is 2.33. The highest BCUT2D eigenvalue weighted by Crippen LogP contribution is 2.23. The number of benzene rings is 2. The molecule has 3 nitrogen and oxygen atoms in total. The van der Waals surface area contributed by atoms with E-state index in [9.17, 15) is 4.79 Å². The van der Waals surface area contributed by atoms with Crippen LogP contribution in [0.4, 0.5) is 0 Å². The van der Waals surface area contributed by atoms with Crippen LogP contribution in [0.25, 0.3) is 22.0 Å². The molecular weight excluding hydrogens is 250 g/mol. The number of aromatic nitrogens is 1. The molecule has 0 spiro atoms. The van der Waals surface area contributed by atoms with Crippen molar-refractivity contribution in [3.63, 3.8) is 0 Å². The highest BCUT2D eigenvalue weighted by Gasteiger charge is 2.06. The van der Waals surface area contributed by atoms with Crippen LogP contribution >= 0.6 is 0 Å². The van der Waals surface area contributed by atoms with E-state index in [1.807, 2.05) is 61.5 Å². The highest BCUT2D eigenvalue weighted by molar-refractivity contribution is 5.84. The molecule has 3 heteroatoms. The van der Waals surface area contributed by atoms with Crippen LogP contribution in [0.1, 0.15) is 6.92 Å². The Morgan fingerprint density at radius 3 is 2.60 bits per heavy atom. The average Bonchev–Trinajstić information content (AvgIpc) is 2.48. The summed E-state index contributed by atoms with van der Waals surface area (Å²) in [6.45, 7) is 2.58. The van der Waals surface area contributed by atoms with Gasteiger partial charge in [-0.25, -0.2) is 0 Å². The number of nitrogens with one attached hydrogen (secondary N) is 1. The molecule has 0 amide bonds. The molecule has 0 fully saturated rings. The number of fused-ring (bicyclic) bond motifs is 1. The maximum atomic E-state index is 12.2. The Kier molecular flexibility index (Phi) is 3.25. The van der Waals surface area contributed by atoms with Crippen LogP contribution in [-0.4, -0.2) is 11.6 Å². The van der Waals surface area contributed by atoms with Crippen molar-refractivity contribution < 1.29 is 4.74 Å². The third kappa shape index (κ3) is 2.30. The second kappa shape index (κ2) is 5.21. The zero-order valence-electron chi connectivity index (χ0n) is 11.2. The normalized spacial score (nSPS) is 10.7. The molecule has 0 aliphatic rings. The summed E-state index contributed by atoms with van der Waals surface area (Å²) in [4.78, 5) is 15.1. The molecule has 0 aliphatic carbocycles. The molecule has 0 bridgehead atoms. The van der Waals surface area contributed by atoms with Crippen molar-refractivity contribution in [2.75, 3.05) is 6.61 Å². The Morgan fingerprint density at radius 1 is 1.05 bits per heavy atom. The molecule has 0 unspecified atom stereocenters. The molecule has 0 atom stereocenters. The van der Waals surface area contributed by atoms with Gasteiger partial charge in [-0.3, -0.25) is 4.79 Å². The van der Waals surface area contributed by atoms with Crippen molar-refractivity contribution in [1.82, 2.24) is 4.98 Å². The van der Waals surface area contributed by atoms with Gasteiger partial charge in [0.15, 0.2) is 0 Å². The molecule has 0 saturated heterocycles. The van der Waals surface area contributed by atoms with E-state index in [0.29, 0.717) is 12.2 Å². The zero-order chi connectivity index (χ0) is 13.9. The Hall–Kier alpha value is -2.55. The number of rotatable bonds is 3. The lowest BCUT2D eigenvalue weighted by molar-refractivity contribution is 0.340. The minimum absolute atomic E-state index is 0.0761. The van der Waals surface area contributed by atoms with Crippen LogP contribution in [0.3, 0.4) is 0 Å². The van der Waals surface area contributed by atoms with Gasteiger partial charge in [-0.05, 0) is 36.8 Å². The number of hydrogen-bond donors (Lipinski definition) is 1. The minimum Gasteiger partial charge on any atom is -0.494 e. The molecule has 20 heavy (non-hydrogen) atoms. The van der Waals surface area contributed by atoms with E-state index in [1.54, 1.807) is 0 Å². The second-order valence-electron chi connectivity index (χ2n) is 4.56. The fourth-order valence-electron chi connectivity index (χ4n) is 2.27. The zero-order valence-corrected chi connectivity index (χ0v) is 11.2. The van der Waals surface area contributed by atoms with Crippen LogP contribution in [0, 0.1) is 0 Å². The predicted molar refractivity (Wildman–Crippen MR) is 81.2 cm³/mol. The molecule has 3 rings (SSSR count). The Bertz CT molecular complexity index is 791. The summed E-state index contributed by atoms with van der Waals surface area (Å²) >= 11 is 0. The molecule has 0 radical (unpaired) electrons. The third-order valence-corrected chi connectivity index (χ3v) is 3.21. The predicted octanol–water partition coefficient (Wildman–Crippen LogP) is 3.59. The number of aromatic amines is 1. The lowest BCUT2D eigenvalue weighted by Gasteiger charge is -2.06. The van der Waals surface area contributed by atoms with Gasteiger partial charge in [0.25, 0.3) is 5.56 Å². The molecule has 0 saturated carbocycles. The van der Waals surface area contributed by atoms with E-state index in [-0.39, 0.29) is 5.56 Å². The van der Waals surface area contributed by atoms with Gasteiger partial charge in [0.1, 0.15) is 5.75 Å². The molecule has 1 heterocycles. The van der Waals surface area contributed by atoms with E-state index < -0.39 is 0 Å². The largest absolute Gasteiger partial charge is 0.494 e. The Morgan fingerprint density at radius 2 is 1.85 bits per heavy atom. The number of ether oxygens (including phenoxy) is 1. The summed E-state index contributed by atoms with van der Waals surface area (Å²) in [6.07, 6.45) is 0. The maximum Gasteiger partial charge on any atom is 0.256 e. The highest BCUT2D eigenvalue weighted by atomic mass is 16.5. The van der Waals surface area contributed by atoms with E-state index in [4.69, 9.17) is 4.74 Å². The van der Waals surface area contributed by atoms with Crippen LogP contribution in [0.15, 0.2) is 59.4 Å². The standard InChI is InChI=1S/C17H15NO2/c1-2-20-14-8-9-16-13(10-14)11-15(17(19)18-16)12-6-4-3-5-7-12/h3-11H,2H2,1H3,(H,18,19). The van der Waals surface area contributed by atoms with Crippen LogP contribution in [0.2, 0.25) is 0 Å². The van der Waals surface area contributed by atoms with E-state index in [0.717, 1.165) is 22.2 Å². The number of hydrogen-bond acceptors (Lipinski definition) is 2. The first-order valence-corrected chi connectivity index (χ1v) is 6.63. The summed E-state index contributed by atoms with van der Waals surface area (Å²) in [7, 11) is 0. The first kappa shape index (κ1) is 12.5. The van der Waals surface area contributed by atoms with Crippen molar-refractivity contribution in [3.8, 4) is 16.9 Å². The molecular formula is C17H15NO2. The SMILES string of the molecule is CCOc1ccc2[nH]c(=O)c(-c3ccccc3)cc2c1. The molecule has 1 aromatic heterocycles. The van der Waals surface area contributed by atoms with Gasteiger partial charge in [0.2, 0.25) is 0 Å². The van der Waals surface area contributed by atoms with E-state index in [1.165, 1.54) is 0 Å². The van der Waals surface area contributed by atoms with Gasteiger partial charge < -0.3 is 9.72 Å². The average molecular weight is 265 g/mol. The Labute approximate surface area is 116 Å². The molecule has 1 N–H and O–H groups in total. The van der Waals surface area contributed by atoms with E-state index in [2.05, 4.69) is 4.98 Å². The Balaban J connectivity index is 2.18. The summed E-state index contributed by atoms with van der Waals surface area (Å²) in [5.74, 6) is 0.811.